The van der Waals surface area contributed by atoms with E-state index in [9.17, 15) is 14.7 Å². The molecule has 0 aliphatic heterocycles. The lowest BCUT2D eigenvalue weighted by molar-refractivity contribution is -0.178. The van der Waals surface area contributed by atoms with E-state index in [4.69, 9.17) is 9.47 Å². The summed E-state index contributed by atoms with van der Waals surface area (Å²) in [6.45, 7) is 12.6. The third-order valence-corrected chi connectivity index (χ3v) is 8.80. The van der Waals surface area contributed by atoms with E-state index in [0.29, 0.717) is 5.92 Å². The molecule has 0 spiro atoms. The van der Waals surface area contributed by atoms with Crippen LogP contribution in [-0.2, 0) is 19.1 Å². The molecule has 170 valence electrons. The second-order valence-electron chi connectivity index (χ2n) is 11.1. The molecule has 0 bridgehead atoms. The Labute approximate surface area is 181 Å². The Morgan fingerprint density at radius 3 is 2.43 bits per heavy atom. The summed E-state index contributed by atoms with van der Waals surface area (Å²) in [7, 11) is 0. The number of hydrogen-bond donors (Lipinski definition) is 1. The molecule has 2 fully saturated rings. The van der Waals surface area contributed by atoms with Gasteiger partial charge in [-0.3, -0.25) is 9.59 Å². The third-order valence-electron chi connectivity index (χ3n) is 8.80. The zero-order chi connectivity index (χ0) is 22.3. The maximum atomic E-state index is 13.3. The van der Waals surface area contributed by atoms with Crippen molar-refractivity contribution >= 4 is 11.9 Å². The molecule has 0 radical (unpaired) electrons. The molecule has 0 aromatic carbocycles. The van der Waals surface area contributed by atoms with Gasteiger partial charge in [0.2, 0.25) is 0 Å². The van der Waals surface area contributed by atoms with Crippen LogP contribution in [0.5, 0.6) is 0 Å². The fraction of sp³-hybridized carbons (Fsp3) is 0.840. The van der Waals surface area contributed by atoms with Crippen molar-refractivity contribution in [3.05, 3.63) is 11.6 Å². The molecule has 5 heteroatoms. The summed E-state index contributed by atoms with van der Waals surface area (Å²) < 4.78 is 10.4. The maximum absolute atomic E-state index is 13.3. The second kappa shape index (κ2) is 8.29. The van der Waals surface area contributed by atoms with Crippen LogP contribution in [0.4, 0.5) is 0 Å². The van der Waals surface area contributed by atoms with Crippen molar-refractivity contribution < 1.29 is 24.2 Å². The normalized spacial score (nSPS) is 38.5. The first-order valence-electron chi connectivity index (χ1n) is 11.6. The molecule has 0 saturated heterocycles. The van der Waals surface area contributed by atoms with Crippen LogP contribution in [0.25, 0.3) is 0 Å². The lowest BCUT2D eigenvalue weighted by atomic mass is 9.40. The fourth-order valence-corrected chi connectivity index (χ4v) is 6.84. The van der Waals surface area contributed by atoms with E-state index >= 15 is 0 Å². The standard InChI is InChI=1S/C25H40O5/c1-16-9-12-24(5)20-8-7-11-23(3,4)19(20)10-13-25(24,6)21(16)22(28)30-15-18(27)14-29-17(2)26/h10,16,18,20-21,27H,7-9,11-15H2,1-6H3/t16-,18+,20+,21-,24-,25-/m0/s1. The van der Waals surface area contributed by atoms with Crippen molar-refractivity contribution in [2.45, 2.75) is 86.2 Å². The van der Waals surface area contributed by atoms with E-state index in [-0.39, 0.29) is 47.3 Å². The van der Waals surface area contributed by atoms with E-state index in [2.05, 4.69) is 40.7 Å². The van der Waals surface area contributed by atoms with Gasteiger partial charge in [-0.25, -0.2) is 0 Å². The Bertz CT molecular complexity index is 710. The summed E-state index contributed by atoms with van der Waals surface area (Å²) in [6, 6.07) is 0. The average Bonchev–Trinajstić information content (AvgIpc) is 2.65. The molecule has 5 nitrogen and oxygen atoms in total. The Balaban J connectivity index is 1.81. The zero-order valence-corrected chi connectivity index (χ0v) is 19.6. The van der Waals surface area contributed by atoms with E-state index in [1.165, 1.54) is 26.2 Å². The minimum atomic E-state index is -0.993. The van der Waals surface area contributed by atoms with Crippen LogP contribution >= 0.6 is 0 Å². The highest BCUT2D eigenvalue weighted by molar-refractivity contribution is 5.74. The number of carbonyl (C=O) groups excluding carboxylic acids is 2. The first-order valence-corrected chi connectivity index (χ1v) is 11.6. The highest BCUT2D eigenvalue weighted by Crippen LogP contribution is 2.68. The van der Waals surface area contributed by atoms with Crippen LogP contribution in [0.3, 0.4) is 0 Å². The number of ether oxygens (including phenoxy) is 2. The van der Waals surface area contributed by atoms with Crippen LogP contribution in [-0.4, -0.2) is 36.4 Å². The molecule has 0 unspecified atom stereocenters. The fourth-order valence-electron chi connectivity index (χ4n) is 6.84. The van der Waals surface area contributed by atoms with Gasteiger partial charge in [0.05, 0.1) is 5.92 Å². The topological polar surface area (TPSA) is 72.8 Å². The molecule has 2 saturated carbocycles. The van der Waals surface area contributed by atoms with Crippen LogP contribution in [0, 0.1) is 34.0 Å². The molecule has 0 aromatic heterocycles. The predicted octanol–water partition coefficient (Wildman–Crippen LogP) is 4.67. The van der Waals surface area contributed by atoms with E-state index in [1.54, 1.807) is 5.57 Å². The van der Waals surface area contributed by atoms with Crippen molar-refractivity contribution in [1.82, 2.24) is 0 Å². The van der Waals surface area contributed by atoms with Gasteiger partial charge in [-0.05, 0) is 60.2 Å². The Hall–Kier alpha value is -1.36. The predicted molar refractivity (Wildman–Crippen MR) is 116 cm³/mol. The largest absolute Gasteiger partial charge is 0.463 e. The highest BCUT2D eigenvalue weighted by Gasteiger charge is 2.62. The summed E-state index contributed by atoms with van der Waals surface area (Å²) in [5.41, 5.74) is 1.76. The number of aliphatic hydroxyl groups excluding tert-OH is 1. The summed E-state index contributed by atoms with van der Waals surface area (Å²) in [5.74, 6) is -0.0976. The van der Waals surface area contributed by atoms with Crippen molar-refractivity contribution in [2.24, 2.45) is 34.0 Å². The van der Waals surface area contributed by atoms with Gasteiger partial charge in [-0.1, -0.05) is 52.7 Å². The molecule has 3 aliphatic carbocycles. The summed E-state index contributed by atoms with van der Waals surface area (Å²) >= 11 is 0. The zero-order valence-electron chi connectivity index (χ0n) is 19.6. The van der Waals surface area contributed by atoms with Crippen molar-refractivity contribution in [2.75, 3.05) is 13.2 Å². The van der Waals surface area contributed by atoms with Gasteiger partial charge in [0, 0.05) is 6.92 Å². The number of aliphatic hydroxyl groups is 1. The Kier molecular flexibility index (Phi) is 6.44. The van der Waals surface area contributed by atoms with Crippen LogP contribution in [0.15, 0.2) is 11.6 Å². The number of esters is 2. The molecular weight excluding hydrogens is 380 g/mol. The molecule has 6 atom stereocenters. The Morgan fingerprint density at radius 1 is 1.10 bits per heavy atom. The lowest BCUT2D eigenvalue weighted by Gasteiger charge is -2.63. The maximum Gasteiger partial charge on any atom is 0.309 e. The first kappa shape index (κ1) is 23.3. The minimum absolute atomic E-state index is 0.0708. The lowest BCUT2D eigenvalue weighted by Crippen LogP contribution is -2.58. The molecule has 0 aromatic rings. The average molecular weight is 421 g/mol. The smallest absolute Gasteiger partial charge is 0.309 e. The monoisotopic (exact) mass is 420 g/mol. The molecular formula is C25H40O5. The second-order valence-corrected chi connectivity index (χ2v) is 11.1. The highest BCUT2D eigenvalue weighted by atomic mass is 16.6. The minimum Gasteiger partial charge on any atom is -0.463 e. The van der Waals surface area contributed by atoms with Gasteiger partial charge in [-0.15, -0.1) is 0 Å². The van der Waals surface area contributed by atoms with Crippen LogP contribution < -0.4 is 0 Å². The molecule has 1 N–H and O–H groups in total. The van der Waals surface area contributed by atoms with Gasteiger partial charge < -0.3 is 14.6 Å². The third kappa shape index (κ3) is 3.94. The number of hydrogen-bond acceptors (Lipinski definition) is 5. The van der Waals surface area contributed by atoms with E-state index < -0.39 is 12.1 Å². The number of fused-ring (bicyclic) bond motifs is 3. The first-order chi connectivity index (χ1) is 13.9. The summed E-state index contributed by atoms with van der Waals surface area (Å²) in [5, 5.41) is 10.0. The number of carbonyl (C=O) groups is 2. The SMILES string of the molecule is CC(=O)OC[C@@H](O)COC(=O)[C@@H]1[C@@H](C)CC[C@@]2(C)[C@@H]3CCCC(C)(C)C3=CC[C@@]12C. The van der Waals surface area contributed by atoms with Gasteiger partial charge >= 0.3 is 11.9 Å². The van der Waals surface area contributed by atoms with Crippen LogP contribution in [0.2, 0.25) is 0 Å². The Morgan fingerprint density at radius 2 is 1.77 bits per heavy atom. The quantitative estimate of drug-likeness (QED) is 0.517. The molecule has 3 rings (SSSR count). The van der Waals surface area contributed by atoms with Crippen LogP contribution in [0.1, 0.15) is 80.1 Å². The van der Waals surface area contributed by atoms with Gasteiger partial charge in [0.15, 0.2) is 0 Å². The molecule has 30 heavy (non-hydrogen) atoms. The molecule has 0 amide bonds. The molecule has 3 aliphatic rings. The van der Waals surface area contributed by atoms with Crippen molar-refractivity contribution in [1.29, 1.82) is 0 Å². The number of allylic oxidation sites excluding steroid dienone is 2. The van der Waals surface area contributed by atoms with E-state index in [0.717, 1.165) is 19.3 Å². The van der Waals surface area contributed by atoms with Crippen molar-refractivity contribution in [3.63, 3.8) is 0 Å². The summed E-state index contributed by atoms with van der Waals surface area (Å²) in [4.78, 5) is 24.2. The van der Waals surface area contributed by atoms with Gasteiger partial charge in [-0.2, -0.15) is 0 Å². The summed E-state index contributed by atoms with van der Waals surface area (Å²) in [6.07, 6.45) is 8.20. The van der Waals surface area contributed by atoms with Gasteiger partial charge in [0.25, 0.3) is 0 Å². The van der Waals surface area contributed by atoms with Gasteiger partial charge in [0.1, 0.15) is 19.3 Å². The van der Waals surface area contributed by atoms with Crippen molar-refractivity contribution in [3.8, 4) is 0 Å². The molecule has 0 heterocycles. The number of rotatable bonds is 5. The van der Waals surface area contributed by atoms with E-state index in [1.807, 2.05) is 0 Å².